The Labute approximate surface area is 114 Å². The molecule has 1 atom stereocenters. The number of nitriles is 1. The van der Waals surface area contributed by atoms with E-state index in [1.165, 1.54) is 0 Å². The van der Waals surface area contributed by atoms with Crippen LogP contribution in [0.4, 0.5) is 0 Å². The van der Waals surface area contributed by atoms with E-state index in [9.17, 15) is 4.79 Å². The smallest absolute Gasteiger partial charge is 0.253 e. The number of rotatable bonds is 2. The van der Waals surface area contributed by atoms with Gasteiger partial charge in [0, 0.05) is 31.2 Å². The standard InChI is InChI=1S/C15H19N3O/c1-3-17-8-9-18(11-12(17)2)15(19)14-6-4-13(10-16)5-7-14/h4-7,12H,3,8-9,11H2,1-2H3. The molecule has 2 rings (SSSR count). The maximum absolute atomic E-state index is 12.4. The zero-order chi connectivity index (χ0) is 13.8. The van der Waals surface area contributed by atoms with Crippen LogP contribution < -0.4 is 0 Å². The minimum absolute atomic E-state index is 0.0621. The second-order valence-electron chi connectivity index (χ2n) is 4.92. The maximum atomic E-state index is 12.4. The molecule has 0 N–H and O–H groups in total. The van der Waals surface area contributed by atoms with E-state index in [1.807, 2.05) is 4.90 Å². The summed E-state index contributed by atoms with van der Waals surface area (Å²) in [7, 11) is 0. The monoisotopic (exact) mass is 257 g/mol. The maximum Gasteiger partial charge on any atom is 0.253 e. The van der Waals surface area contributed by atoms with Crippen LogP contribution in [0.15, 0.2) is 24.3 Å². The summed E-state index contributed by atoms with van der Waals surface area (Å²) >= 11 is 0. The van der Waals surface area contributed by atoms with E-state index >= 15 is 0 Å². The third-order valence-electron chi connectivity index (χ3n) is 3.72. The molecule has 1 aromatic rings. The van der Waals surface area contributed by atoms with Crippen molar-refractivity contribution in [2.24, 2.45) is 0 Å². The number of hydrogen-bond acceptors (Lipinski definition) is 3. The molecule has 100 valence electrons. The number of piperazine rings is 1. The molecule has 1 heterocycles. The van der Waals surface area contributed by atoms with Crippen LogP contribution in [0.1, 0.15) is 29.8 Å². The predicted octanol–water partition coefficient (Wildman–Crippen LogP) is 1.72. The molecule has 4 nitrogen and oxygen atoms in total. The average molecular weight is 257 g/mol. The largest absolute Gasteiger partial charge is 0.336 e. The van der Waals surface area contributed by atoms with Crippen LogP contribution in [0, 0.1) is 11.3 Å². The van der Waals surface area contributed by atoms with Gasteiger partial charge in [-0.1, -0.05) is 6.92 Å². The molecule has 0 bridgehead atoms. The topological polar surface area (TPSA) is 47.3 Å². The van der Waals surface area contributed by atoms with Gasteiger partial charge in [0.2, 0.25) is 0 Å². The first-order valence-electron chi connectivity index (χ1n) is 6.69. The van der Waals surface area contributed by atoms with Crippen LogP contribution in [0.2, 0.25) is 0 Å². The number of carbonyl (C=O) groups excluding carboxylic acids is 1. The van der Waals surface area contributed by atoms with Gasteiger partial charge in [0.05, 0.1) is 11.6 Å². The number of benzene rings is 1. The Morgan fingerprint density at radius 3 is 2.58 bits per heavy atom. The zero-order valence-electron chi connectivity index (χ0n) is 11.5. The highest BCUT2D eigenvalue weighted by Crippen LogP contribution is 2.13. The van der Waals surface area contributed by atoms with Gasteiger partial charge in [0.15, 0.2) is 0 Å². The van der Waals surface area contributed by atoms with E-state index in [0.717, 1.165) is 26.2 Å². The Kier molecular flexibility index (Phi) is 4.18. The summed E-state index contributed by atoms with van der Waals surface area (Å²) < 4.78 is 0. The molecule has 1 unspecified atom stereocenters. The van der Waals surface area contributed by atoms with Gasteiger partial charge in [-0.25, -0.2) is 0 Å². The highest BCUT2D eigenvalue weighted by Gasteiger charge is 2.26. The van der Waals surface area contributed by atoms with Gasteiger partial charge in [0.1, 0.15) is 0 Å². The molecular weight excluding hydrogens is 238 g/mol. The van der Waals surface area contributed by atoms with Crippen LogP contribution in [0.3, 0.4) is 0 Å². The highest BCUT2D eigenvalue weighted by atomic mass is 16.2. The van der Waals surface area contributed by atoms with Crippen molar-refractivity contribution in [2.45, 2.75) is 19.9 Å². The SMILES string of the molecule is CCN1CCN(C(=O)c2ccc(C#N)cc2)CC1C. The average Bonchev–Trinajstić information content (AvgIpc) is 2.46. The van der Waals surface area contributed by atoms with E-state index in [4.69, 9.17) is 5.26 Å². The number of likely N-dealkylation sites (N-methyl/N-ethyl adjacent to an activating group) is 1. The number of nitrogens with zero attached hydrogens (tertiary/aromatic N) is 3. The first kappa shape index (κ1) is 13.6. The van der Waals surface area contributed by atoms with E-state index in [1.54, 1.807) is 24.3 Å². The van der Waals surface area contributed by atoms with Gasteiger partial charge >= 0.3 is 0 Å². The highest BCUT2D eigenvalue weighted by molar-refractivity contribution is 5.94. The second kappa shape index (κ2) is 5.85. The molecule has 1 aromatic carbocycles. The lowest BCUT2D eigenvalue weighted by Crippen LogP contribution is -2.53. The summed E-state index contributed by atoms with van der Waals surface area (Å²) in [5, 5.41) is 8.76. The van der Waals surface area contributed by atoms with Crippen molar-refractivity contribution in [3.8, 4) is 6.07 Å². The van der Waals surface area contributed by atoms with Gasteiger partial charge in [0.25, 0.3) is 5.91 Å². The van der Waals surface area contributed by atoms with Gasteiger partial charge < -0.3 is 4.90 Å². The first-order chi connectivity index (χ1) is 9.15. The zero-order valence-corrected chi connectivity index (χ0v) is 11.5. The number of amides is 1. The number of carbonyl (C=O) groups is 1. The summed E-state index contributed by atoms with van der Waals surface area (Å²) in [6, 6.07) is 9.32. The van der Waals surface area contributed by atoms with Crippen molar-refractivity contribution in [2.75, 3.05) is 26.2 Å². The van der Waals surface area contributed by atoms with Crippen molar-refractivity contribution in [1.82, 2.24) is 9.80 Å². The Morgan fingerprint density at radius 2 is 2.05 bits per heavy atom. The lowest BCUT2D eigenvalue weighted by molar-refractivity contribution is 0.0528. The van der Waals surface area contributed by atoms with E-state index in [0.29, 0.717) is 17.2 Å². The lowest BCUT2D eigenvalue weighted by Gasteiger charge is -2.39. The predicted molar refractivity (Wildman–Crippen MR) is 73.8 cm³/mol. The van der Waals surface area contributed by atoms with Crippen molar-refractivity contribution < 1.29 is 4.79 Å². The second-order valence-corrected chi connectivity index (χ2v) is 4.92. The minimum Gasteiger partial charge on any atom is -0.336 e. The Hall–Kier alpha value is -1.86. The Morgan fingerprint density at radius 1 is 1.37 bits per heavy atom. The molecule has 0 aromatic heterocycles. The van der Waals surface area contributed by atoms with Gasteiger partial charge in [-0.05, 0) is 37.7 Å². The molecule has 0 spiro atoms. The first-order valence-corrected chi connectivity index (χ1v) is 6.69. The molecule has 0 radical (unpaired) electrons. The summed E-state index contributed by atoms with van der Waals surface area (Å²) in [5.41, 5.74) is 1.25. The third-order valence-corrected chi connectivity index (χ3v) is 3.72. The molecule has 0 saturated carbocycles. The van der Waals surface area contributed by atoms with Gasteiger partial charge in [-0.3, -0.25) is 9.69 Å². The molecule has 19 heavy (non-hydrogen) atoms. The summed E-state index contributed by atoms with van der Waals surface area (Å²) in [6.07, 6.45) is 0. The summed E-state index contributed by atoms with van der Waals surface area (Å²) in [4.78, 5) is 16.6. The van der Waals surface area contributed by atoms with Crippen molar-refractivity contribution in [3.05, 3.63) is 35.4 Å². The summed E-state index contributed by atoms with van der Waals surface area (Å²) in [6.45, 7) is 7.81. The molecule has 1 aliphatic heterocycles. The van der Waals surface area contributed by atoms with Crippen LogP contribution in [0.25, 0.3) is 0 Å². The normalized spacial score (nSPS) is 20.1. The van der Waals surface area contributed by atoms with E-state index in [-0.39, 0.29) is 5.91 Å². The molecule has 1 saturated heterocycles. The fourth-order valence-electron chi connectivity index (χ4n) is 2.52. The van der Waals surface area contributed by atoms with Crippen LogP contribution in [0.5, 0.6) is 0 Å². The Balaban J connectivity index is 2.06. The molecule has 0 aliphatic carbocycles. The fraction of sp³-hybridized carbons (Fsp3) is 0.467. The molecule has 1 aliphatic rings. The molecule has 1 amide bonds. The molecule has 4 heteroatoms. The van der Waals surface area contributed by atoms with E-state index < -0.39 is 0 Å². The fourth-order valence-corrected chi connectivity index (χ4v) is 2.52. The lowest BCUT2D eigenvalue weighted by atomic mass is 10.1. The molecule has 1 fully saturated rings. The summed E-state index contributed by atoms with van der Waals surface area (Å²) in [5.74, 6) is 0.0621. The van der Waals surface area contributed by atoms with Crippen LogP contribution in [-0.4, -0.2) is 47.9 Å². The Bertz CT molecular complexity index is 489. The van der Waals surface area contributed by atoms with Crippen molar-refractivity contribution >= 4 is 5.91 Å². The minimum atomic E-state index is 0.0621. The van der Waals surface area contributed by atoms with Gasteiger partial charge in [-0.15, -0.1) is 0 Å². The van der Waals surface area contributed by atoms with Crippen molar-refractivity contribution in [1.29, 1.82) is 5.26 Å². The van der Waals surface area contributed by atoms with E-state index in [2.05, 4.69) is 24.8 Å². The third kappa shape index (κ3) is 2.94. The number of hydrogen-bond donors (Lipinski definition) is 0. The van der Waals surface area contributed by atoms with Crippen LogP contribution >= 0.6 is 0 Å². The quantitative estimate of drug-likeness (QED) is 0.810. The van der Waals surface area contributed by atoms with Crippen molar-refractivity contribution in [3.63, 3.8) is 0 Å². The molecular formula is C15H19N3O. The van der Waals surface area contributed by atoms with Crippen LogP contribution in [-0.2, 0) is 0 Å². The van der Waals surface area contributed by atoms with Gasteiger partial charge in [-0.2, -0.15) is 5.26 Å².